The summed E-state index contributed by atoms with van der Waals surface area (Å²) in [7, 11) is 0. The van der Waals surface area contributed by atoms with Crippen LogP contribution in [0.25, 0.3) is 0 Å². The van der Waals surface area contributed by atoms with Crippen LogP contribution in [0, 0.1) is 5.41 Å². The van der Waals surface area contributed by atoms with Crippen molar-refractivity contribution in [1.29, 1.82) is 0 Å². The van der Waals surface area contributed by atoms with Crippen molar-refractivity contribution in [2.24, 2.45) is 5.41 Å². The van der Waals surface area contributed by atoms with Crippen molar-refractivity contribution < 1.29 is 14.4 Å². The fourth-order valence-corrected chi connectivity index (χ4v) is 2.59. The monoisotopic (exact) mass is 240 g/mol. The van der Waals surface area contributed by atoms with Gasteiger partial charge in [0.1, 0.15) is 17.3 Å². The molecule has 3 nitrogen and oxygen atoms in total. The summed E-state index contributed by atoms with van der Waals surface area (Å²) in [6, 6.07) is 0. The average molecular weight is 240 g/mol. The molecule has 0 aliphatic heterocycles. The lowest BCUT2D eigenvalue weighted by Crippen LogP contribution is -2.29. The van der Waals surface area contributed by atoms with Gasteiger partial charge in [-0.15, -0.1) is 0 Å². The van der Waals surface area contributed by atoms with Gasteiger partial charge in [-0.05, 0) is 32.6 Å². The first-order valence-corrected chi connectivity index (χ1v) is 6.29. The van der Waals surface area contributed by atoms with Gasteiger partial charge >= 0.3 is 0 Å². The molecule has 0 aliphatic carbocycles. The summed E-state index contributed by atoms with van der Waals surface area (Å²) in [5, 5.41) is 0. The summed E-state index contributed by atoms with van der Waals surface area (Å²) in [6.07, 6.45) is 3.76. The van der Waals surface area contributed by atoms with Crippen molar-refractivity contribution in [2.75, 3.05) is 0 Å². The van der Waals surface area contributed by atoms with Crippen LogP contribution in [0.3, 0.4) is 0 Å². The van der Waals surface area contributed by atoms with E-state index in [0.717, 1.165) is 19.3 Å². The standard InChI is InChI=1S/C14H24O3/c1-5-6-7-14(8-11(2)15,9-12(3)16)10-13(4)17/h5-10H2,1-4H3. The molecule has 0 radical (unpaired) electrons. The molecule has 0 heterocycles. The summed E-state index contributed by atoms with van der Waals surface area (Å²) in [5.41, 5.74) is -0.431. The number of hydrogen-bond acceptors (Lipinski definition) is 3. The molecule has 0 spiro atoms. The Morgan fingerprint density at radius 2 is 1.18 bits per heavy atom. The van der Waals surface area contributed by atoms with Gasteiger partial charge in [0.2, 0.25) is 0 Å². The molecule has 0 N–H and O–H groups in total. The zero-order valence-corrected chi connectivity index (χ0v) is 11.5. The van der Waals surface area contributed by atoms with Crippen molar-refractivity contribution in [3.05, 3.63) is 0 Å². The first-order chi connectivity index (χ1) is 7.81. The Morgan fingerprint density at radius 3 is 1.41 bits per heavy atom. The van der Waals surface area contributed by atoms with Crippen LogP contribution in [0.15, 0.2) is 0 Å². The smallest absolute Gasteiger partial charge is 0.130 e. The minimum Gasteiger partial charge on any atom is -0.300 e. The molecule has 0 unspecified atom stereocenters. The molecule has 0 amide bonds. The quantitative estimate of drug-likeness (QED) is 0.622. The maximum absolute atomic E-state index is 11.4. The molecule has 3 heteroatoms. The average Bonchev–Trinajstić information content (AvgIpc) is 2.11. The number of ketones is 3. The van der Waals surface area contributed by atoms with E-state index in [-0.39, 0.29) is 17.3 Å². The first kappa shape index (κ1) is 16.0. The zero-order chi connectivity index (χ0) is 13.5. The number of unbranched alkanes of at least 4 members (excludes halogenated alkanes) is 1. The van der Waals surface area contributed by atoms with E-state index in [0.29, 0.717) is 19.3 Å². The van der Waals surface area contributed by atoms with Gasteiger partial charge in [-0.2, -0.15) is 0 Å². The molecule has 0 saturated carbocycles. The summed E-state index contributed by atoms with van der Waals surface area (Å²) in [5.74, 6) is 0.177. The number of carbonyl (C=O) groups excluding carboxylic acids is 3. The summed E-state index contributed by atoms with van der Waals surface area (Å²) in [4.78, 5) is 34.1. The largest absolute Gasteiger partial charge is 0.300 e. The van der Waals surface area contributed by atoms with Gasteiger partial charge in [-0.25, -0.2) is 0 Å². The van der Waals surface area contributed by atoms with Crippen LogP contribution in [0.2, 0.25) is 0 Å². The highest BCUT2D eigenvalue weighted by Gasteiger charge is 2.33. The molecule has 0 aromatic heterocycles. The van der Waals surface area contributed by atoms with Gasteiger partial charge in [0.05, 0.1) is 0 Å². The minimum absolute atomic E-state index is 0.0589. The van der Waals surface area contributed by atoms with Crippen LogP contribution in [-0.4, -0.2) is 17.3 Å². The van der Waals surface area contributed by atoms with E-state index in [9.17, 15) is 14.4 Å². The fraction of sp³-hybridized carbons (Fsp3) is 0.786. The Morgan fingerprint density at radius 1 is 0.824 bits per heavy atom. The van der Waals surface area contributed by atoms with Crippen LogP contribution >= 0.6 is 0 Å². The van der Waals surface area contributed by atoms with E-state index in [1.165, 1.54) is 20.8 Å². The molecule has 0 bridgehead atoms. The topological polar surface area (TPSA) is 51.2 Å². The molecule has 17 heavy (non-hydrogen) atoms. The van der Waals surface area contributed by atoms with E-state index >= 15 is 0 Å². The third-order valence-corrected chi connectivity index (χ3v) is 2.93. The molecule has 0 aromatic rings. The van der Waals surface area contributed by atoms with Crippen LogP contribution in [0.4, 0.5) is 0 Å². The normalized spacial score (nSPS) is 11.3. The van der Waals surface area contributed by atoms with Crippen molar-refractivity contribution in [3.8, 4) is 0 Å². The highest BCUT2D eigenvalue weighted by atomic mass is 16.1. The Balaban J connectivity index is 4.95. The molecule has 98 valence electrons. The number of Topliss-reactive ketones (excluding diaryl/α,β-unsaturated/α-hetero) is 3. The minimum atomic E-state index is -0.431. The fourth-order valence-electron chi connectivity index (χ4n) is 2.59. The van der Waals surface area contributed by atoms with Gasteiger partial charge in [0.15, 0.2) is 0 Å². The summed E-state index contributed by atoms with van der Waals surface area (Å²) >= 11 is 0. The van der Waals surface area contributed by atoms with E-state index in [1.54, 1.807) is 0 Å². The SMILES string of the molecule is CCCCC(CC(C)=O)(CC(C)=O)CC(C)=O. The molecular formula is C14H24O3. The van der Waals surface area contributed by atoms with Crippen molar-refractivity contribution in [2.45, 2.75) is 66.2 Å². The van der Waals surface area contributed by atoms with Gasteiger partial charge in [0, 0.05) is 19.3 Å². The molecule has 0 aromatic carbocycles. The van der Waals surface area contributed by atoms with Gasteiger partial charge < -0.3 is 14.4 Å². The van der Waals surface area contributed by atoms with Crippen molar-refractivity contribution in [1.82, 2.24) is 0 Å². The van der Waals surface area contributed by atoms with E-state index < -0.39 is 5.41 Å². The lowest BCUT2D eigenvalue weighted by molar-refractivity contribution is -0.125. The second kappa shape index (κ2) is 7.36. The Bertz CT molecular complexity index is 251. The second-order valence-corrected chi connectivity index (χ2v) is 5.24. The van der Waals surface area contributed by atoms with Gasteiger partial charge in [0.25, 0.3) is 0 Å². The number of rotatable bonds is 9. The predicted molar refractivity (Wildman–Crippen MR) is 67.9 cm³/mol. The molecule has 0 saturated heterocycles. The third kappa shape index (κ3) is 7.03. The van der Waals surface area contributed by atoms with Gasteiger partial charge in [-0.1, -0.05) is 19.8 Å². The third-order valence-electron chi connectivity index (χ3n) is 2.93. The Kier molecular flexibility index (Phi) is 6.93. The van der Waals surface area contributed by atoms with Crippen molar-refractivity contribution in [3.63, 3.8) is 0 Å². The van der Waals surface area contributed by atoms with Crippen LogP contribution < -0.4 is 0 Å². The maximum Gasteiger partial charge on any atom is 0.130 e. The van der Waals surface area contributed by atoms with E-state index in [4.69, 9.17) is 0 Å². The number of carbonyl (C=O) groups is 3. The molecule has 0 fully saturated rings. The van der Waals surface area contributed by atoms with Crippen molar-refractivity contribution >= 4 is 17.3 Å². The molecular weight excluding hydrogens is 216 g/mol. The van der Waals surface area contributed by atoms with Crippen LogP contribution in [-0.2, 0) is 14.4 Å². The predicted octanol–water partition coefficient (Wildman–Crippen LogP) is 3.10. The maximum atomic E-state index is 11.4. The van der Waals surface area contributed by atoms with Crippen LogP contribution in [0.1, 0.15) is 66.2 Å². The first-order valence-electron chi connectivity index (χ1n) is 6.29. The lowest BCUT2D eigenvalue weighted by atomic mass is 9.71. The van der Waals surface area contributed by atoms with E-state index in [1.807, 2.05) is 0 Å². The second-order valence-electron chi connectivity index (χ2n) is 5.24. The molecule has 0 rings (SSSR count). The summed E-state index contributed by atoms with van der Waals surface area (Å²) < 4.78 is 0. The molecule has 0 aliphatic rings. The molecule has 0 atom stereocenters. The van der Waals surface area contributed by atoms with Crippen LogP contribution in [0.5, 0.6) is 0 Å². The Labute approximate surface area is 104 Å². The van der Waals surface area contributed by atoms with Gasteiger partial charge in [-0.3, -0.25) is 0 Å². The zero-order valence-electron chi connectivity index (χ0n) is 11.5. The highest BCUT2D eigenvalue weighted by Crippen LogP contribution is 2.37. The Hall–Kier alpha value is -0.990. The number of hydrogen-bond donors (Lipinski definition) is 0. The highest BCUT2D eigenvalue weighted by molar-refractivity contribution is 5.83. The lowest BCUT2D eigenvalue weighted by Gasteiger charge is -2.31. The van der Waals surface area contributed by atoms with E-state index in [2.05, 4.69) is 6.92 Å². The summed E-state index contributed by atoms with van der Waals surface area (Å²) in [6.45, 7) is 6.66.